The number of aromatic nitrogens is 2. The number of rotatable bonds is 4. The van der Waals surface area contributed by atoms with E-state index in [1.54, 1.807) is 30.3 Å². The first kappa shape index (κ1) is 23.3. The topological polar surface area (TPSA) is 58.4 Å². The van der Waals surface area contributed by atoms with E-state index in [-0.39, 0.29) is 28.2 Å². The van der Waals surface area contributed by atoms with Crippen LogP contribution in [0.15, 0.2) is 59.4 Å². The van der Waals surface area contributed by atoms with Gasteiger partial charge < -0.3 is 5.11 Å². The minimum Gasteiger partial charge on any atom is -0.392 e. The molecule has 1 aliphatic heterocycles. The fraction of sp³-hybridized carbons (Fsp3) is 0.200. The number of aliphatic hydroxyl groups excluding tert-OH is 1. The van der Waals surface area contributed by atoms with E-state index in [1.807, 2.05) is 12.1 Å². The van der Waals surface area contributed by atoms with Crippen LogP contribution in [0.2, 0.25) is 15.1 Å². The summed E-state index contributed by atoms with van der Waals surface area (Å²) in [5.41, 5.74) is 1.65. The standard InChI is InChI=1S/C25H19Cl3FN3O2/c26-15-4-6-18-22(10-15)30-24(32(25(18)34)16-5-7-20(27)21(29)11-16)19-3-1-2-14(23(19)28)12-31-9-8-17(33)13-31/h1-7,10-11,17,33H,8-9,12-13H2/t17-/m0/s1. The first-order valence-corrected chi connectivity index (χ1v) is 11.8. The molecular formula is C25H19Cl3FN3O2. The normalized spacial score (nSPS) is 16.4. The number of nitrogens with zero attached hydrogens (tertiary/aromatic N) is 3. The maximum atomic E-state index is 14.4. The number of β-amino-alcohol motifs (C(OH)–C–C–N with tert-alkyl or cyclic N) is 1. The molecule has 1 saturated heterocycles. The molecule has 0 amide bonds. The summed E-state index contributed by atoms with van der Waals surface area (Å²) in [5.74, 6) is -0.393. The lowest BCUT2D eigenvalue weighted by molar-refractivity contribution is 0.175. The molecule has 4 aromatic rings. The lowest BCUT2D eigenvalue weighted by Crippen LogP contribution is -2.23. The van der Waals surface area contributed by atoms with Gasteiger partial charge in [-0.2, -0.15) is 0 Å². The number of halogens is 4. The SMILES string of the molecule is O=c1c2ccc(Cl)cc2nc(-c2cccc(CN3CC[C@H](O)C3)c2Cl)n1-c1ccc(Cl)c(F)c1. The van der Waals surface area contributed by atoms with Crippen molar-refractivity contribution in [1.82, 2.24) is 14.5 Å². The van der Waals surface area contributed by atoms with Crippen molar-refractivity contribution in [2.45, 2.75) is 19.1 Å². The van der Waals surface area contributed by atoms with Crippen LogP contribution in [0.3, 0.4) is 0 Å². The third-order valence-corrected chi connectivity index (χ3v) is 6.94. The molecule has 5 rings (SSSR count). The van der Waals surface area contributed by atoms with Crippen molar-refractivity contribution in [2.24, 2.45) is 0 Å². The quantitative estimate of drug-likeness (QED) is 0.375. The van der Waals surface area contributed by atoms with Gasteiger partial charge in [-0.3, -0.25) is 14.3 Å². The molecule has 0 radical (unpaired) electrons. The van der Waals surface area contributed by atoms with E-state index >= 15 is 0 Å². The Hall–Kier alpha value is -2.48. The first-order valence-electron chi connectivity index (χ1n) is 10.7. The van der Waals surface area contributed by atoms with Crippen LogP contribution in [-0.4, -0.2) is 38.8 Å². The summed E-state index contributed by atoms with van der Waals surface area (Å²) in [6.45, 7) is 1.88. The zero-order valence-electron chi connectivity index (χ0n) is 17.8. The molecule has 1 fully saturated rings. The average Bonchev–Trinajstić information content (AvgIpc) is 3.21. The van der Waals surface area contributed by atoms with Gasteiger partial charge in [0.05, 0.1) is 32.7 Å². The highest BCUT2D eigenvalue weighted by Crippen LogP contribution is 2.33. The Balaban J connectivity index is 1.73. The van der Waals surface area contributed by atoms with Crippen LogP contribution in [0.5, 0.6) is 0 Å². The van der Waals surface area contributed by atoms with Crippen molar-refractivity contribution in [3.63, 3.8) is 0 Å². The van der Waals surface area contributed by atoms with E-state index < -0.39 is 5.82 Å². The molecule has 1 atom stereocenters. The van der Waals surface area contributed by atoms with Gasteiger partial charge in [-0.25, -0.2) is 9.37 Å². The smallest absolute Gasteiger partial charge is 0.266 e. The van der Waals surface area contributed by atoms with E-state index in [1.165, 1.54) is 16.7 Å². The molecule has 9 heteroatoms. The molecule has 34 heavy (non-hydrogen) atoms. The van der Waals surface area contributed by atoms with Crippen LogP contribution in [0.4, 0.5) is 4.39 Å². The van der Waals surface area contributed by atoms with Crippen LogP contribution >= 0.6 is 34.8 Å². The lowest BCUT2D eigenvalue weighted by atomic mass is 10.1. The van der Waals surface area contributed by atoms with E-state index in [0.29, 0.717) is 46.0 Å². The second-order valence-corrected chi connectivity index (χ2v) is 9.51. The second-order valence-electron chi connectivity index (χ2n) is 8.29. The summed E-state index contributed by atoms with van der Waals surface area (Å²) in [4.78, 5) is 20.4. The predicted molar refractivity (Wildman–Crippen MR) is 134 cm³/mol. The highest BCUT2D eigenvalue weighted by molar-refractivity contribution is 6.34. The number of likely N-dealkylation sites (tertiary alicyclic amines) is 1. The Morgan fingerprint density at radius 1 is 1.09 bits per heavy atom. The van der Waals surface area contributed by atoms with Gasteiger partial charge in [-0.1, -0.05) is 46.9 Å². The molecule has 2 heterocycles. The first-order chi connectivity index (χ1) is 16.3. The molecule has 1 N–H and O–H groups in total. The van der Waals surface area contributed by atoms with Gasteiger partial charge in [0.2, 0.25) is 0 Å². The van der Waals surface area contributed by atoms with Gasteiger partial charge in [-0.05, 0) is 54.4 Å². The molecule has 0 saturated carbocycles. The van der Waals surface area contributed by atoms with Crippen molar-refractivity contribution >= 4 is 45.7 Å². The molecule has 174 valence electrons. The molecule has 1 aliphatic rings. The Kier molecular flexibility index (Phi) is 6.35. The summed E-state index contributed by atoms with van der Waals surface area (Å²) in [6, 6.07) is 14.5. The third-order valence-electron chi connectivity index (χ3n) is 5.95. The minimum atomic E-state index is -0.652. The molecule has 0 unspecified atom stereocenters. The lowest BCUT2D eigenvalue weighted by Gasteiger charge is -2.19. The van der Waals surface area contributed by atoms with Crippen molar-refractivity contribution in [3.05, 3.63) is 91.4 Å². The fourth-order valence-corrected chi connectivity index (χ4v) is 4.83. The maximum Gasteiger partial charge on any atom is 0.266 e. The van der Waals surface area contributed by atoms with Crippen molar-refractivity contribution < 1.29 is 9.50 Å². The Morgan fingerprint density at radius 2 is 1.91 bits per heavy atom. The summed E-state index contributed by atoms with van der Waals surface area (Å²) in [7, 11) is 0. The maximum absolute atomic E-state index is 14.4. The van der Waals surface area contributed by atoms with E-state index in [9.17, 15) is 14.3 Å². The molecule has 0 aliphatic carbocycles. The monoisotopic (exact) mass is 517 g/mol. The molecule has 0 bridgehead atoms. The second kappa shape index (κ2) is 9.29. The minimum absolute atomic E-state index is 0.0493. The summed E-state index contributed by atoms with van der Waals surface area (Å²) < 4.78 is 15.7. The van der Waals surface area contributed by atoms with Crippen molar-refractivity contribution in [1.29, 1.82) is 0 Å². The van der Waals surface area contributed by atoms with Gasteiger partial charge in [0, 0.05) is 30.2 Å². The molecule has 5 nitrogen and oxygen atoms in total. The van der Waals surface area contributed by atoms with Crippen LogP contribution < -0.4 is 5.56 Å². The number of benzene rings is 3. The third kappa shape index (κ3) is 4.32. The van der Waals surface area contributed by atoms with Crippen molar-refractivity contribution in [2.75, 3.05) is 13.1 Å². The van der Waals surface area contributed by atoms with Gasteiger partial charge in [0.25, 0.3) is 5.56 Å². The van der Waals surface area contributed by atoms with Crippen LogP contribution in [0.1, 0.15) is 12.0 Å². The predicted octanol–water partition coefficient (Wildman–Crippen LogP) is 5.72. The van der Waals surface area contributed by atoms with Crippen LogP contribution in [0, 0.1) is 5.82 Å². The highest BCUT2D eigenvalue weighted by atomic mass is 35.5. The highest BCUT2D eigenvalue weighted by Gasteiger charge is 2.23. The van der Waals surface area contributed by atoms with Gasteiger partial charge in [0.1, 0.15) is 11.6 Å². The van der Waals surface area contributed by atoms with E-state index in [4.69, 9.17) is 39.8 Å². The zero-order valence-corrected chi connectivity index (χ0v) is 20.1. The molecule has 1 aromatic heterocycles. The summed E-state index contributed by atoms with van der Waals surface area (Å²) >= 11 is 18.9. The Bertz CT molecular complexity index is 1470. The van der Waals surface area contributed by atoms with Gasteiger partial charge in [-0.15, -0.1) is 0 Å². The molecule has 3 aromatic carbocycles. The summed E-state index contributed by atoms with van der Waals surface area (Å²) in [6.07, 6.45) is 0.366. The van der Waals surface area contributed by atoms with E-state index in [2.05, 4.69) is 4.90 Å². The van der Waals surface area contributed by atoms with Gasteiger partial charge in [0.15, 0.2) is 0 Å². The molecule has 0 spiro atoms. The number of hydrogen-bond donors (Lipinski definition) is 1. The largest absolute Gasteiger partial charge is 0.392 e. The van der Waals surface area contributed by atoms with E-state index in [0.717, 1.165) is 12.1 Å². The number of aliphatic hydroxyl groups is 1. The zero-order chi connectivity index (χ0) is 24.0. The number of fused-ring (bicyclic) bond motifs is 1. The Morgan fingerprint density at radius 3 is 2.65 bits per heavy atom. The average molecular weight is 519 g/mol. The van der Waals surface area contributed by atoms with Crippen LogP contribution in [0.25, 0.3) is 28.0 Å². The van der Waals surface area contributed by atoms with Gasteiger partial charge >= 0.3 is 0 Å². The fourth-order valence-electron chi connectivity index (χ4n) is 4.27. The molecular weight excluding hydrogens is 500 g/mol. The number of hydrogen-bond acceptors (Lipinski definition) is 4. The Labute approximate surface area is 209 Å². The van der Waals surface area contributed by atoms with Crippen molar-refractivity contribution in [3.8, 4) is 17.1 Å². The van der Waals surface area contributed by atoms with Crippen LogP contribution in [-0.2, 0) is 6.54 Å². The summed E-state index contributed by atoms with van der Waals surface area (Å²) in [5, 5.41) is 11.0.